The third-order valence-electron chi connectivity index (χ3n) is 3.94. The summed E-state index contributed by atoms with van der Waals surface area (Å²) in [6, 6.07) is 8.92. The molecule has 0 bridgehead atoms. The Labute approximate surface area is 125 Å². The average molecular weight is 290 g/mol. The van der Waals surface area contributed by atoms with Crippen molar-refractivity contribution in [1.82, 2.24) is 10.2 Å². The summed E-state index contributed by atoms with van der Waals surface area (Å²) in [5, 5.41) is 12.1. The number of carboxylic acid groups (broad SMARTS) is 1. The molecule has 1 aliphatic rings. The first-order valence-electron chi connectivity index (χ1n) is 7.39. The van der Waals surface area contributed by atoms with Gasteiger partial charge in [-0.3, -0.25) is 0 Å². The van der Waals surface area contributed by atoms with Crippen LogP contribution in [0.25, 0.3) is 0 Å². The van der Waals surface area contributed by atoms with Gasteiger partial charge in [0.2, 0.25) is 0 Å². The van der Waals surface area contributed by atoms with Gasteiger partial charge in [0.15, 0.2) is 0 Å². The van der Waals surface area contributed by atoms with Crippen molar-refractivity contribution in [2.24, 2.45) is 5.92 Å². The largest absolute Gasteiger partial charge is 0.480 e. The van der Waals surface area contributed by atoms with Crippen molar-refractivity contribution in [3.8, 4) is 0 Å². The third kappa shape index (κ3) is 4.21. The minimum atomic E-state index is -0.917. The van der Waals surface area contributed by atoms with Gasteiger partial charge in [-0.1, -0.05) is 37.3 Å². The molecule has 1 fully saturated rings. The quantitative estimate of drug-likeness (QED) is 0.892. The maximum atomic E-state index is 12.2. The van der Waals surface area contributed by atoms with E-state index in [1.807, 2.05) is 37.3 Å². The predicted octanol–water partition coefficient (Wildman–Crippen LogP) is 2.12. The van der Waals surface area contributed by atoms with Crippen molar-refractivity contribution in [3.05, 3.63) is 35.9 Å². The van der Waals surface area contributed by atoms with Crippen LogP contribution in [-0.2, 0) is 11.2 Å². The number of carboxylic acids is 1. The number of amides is 2. The van der Waals surface area contributed by atoms with Gasteiger partial charge in [0, 0.05) is 13.1 Å². The first kappa shape index (κ1) is 15.4. The van der Waals surface area contributed by atoms with Gasteiger partial charge in [-0.05, 0) is 30.7 Å². The van der Waals surface area contributed by atoms with Crippen LogP contribution in [-0.4, -0.2) is 41.1 Å². The highest BCUT2D eigenvalue weighted by atomic mass is 16.4. The molecule has 1 aliphatic heterocycles. The van der Waals surface area contributed by atoms with Gasteiger partial charge in [-0.25, -0.2) is 9.59 Å². The highest BCUT2D eigenvalue weighted by Gasteiger charge is 2.34. The molecule has 2 unspecified atom stereocenters. The normalized spacial score (nSPS) is 21.9. The first-order valence-corrected chi connectivity index (χ1v) is 7.39. The number of aliphatic carboxylic acids is 1. The third-order valence-corrected chi connectivity index (χ3v) is 3.94. The van der Waals surface area contributed by atoms with E-state index in [0.717, 1.165) is 18.4 Å². The molecule has 2 atom stereocenters. The Morgan fingerprint density at radius 3 is 2.71 bits per heavy atom. The maximum absolute atomic E-state index is 12.2. The number of urea groups is 1. The van der Waals surface area contributed by atoms with Gasteiger partial charge in [-0.15, -0.1) is 0 Å². The molecule has 5 nitrogen and oxygen atoms in total. The van der Waals surface area contributed by atoms with Gasteiger partial charge < -0.3 is 15.3 Å². The molecule has 2 N–H and O–H groups in total. The molecule has 0 saturated carbocycles. The summed E-state index contributed by atoms with van der Waals surface area (Å²) in [6.07, 6.45) is 2.13. The van der Waals surface area contributed by atoms with Crippen LogP contribution in [0.4, 0.5) is 4.79 Å². The van der Waals surface area contributed by atoms with Crippen molar-refractivity contribution in [2.75, 3.05) is 13.1 Å². The smallest absolute Gasteiger partial charge is 0.326 e. The molecule has 1 saturated heterocycles. The molecule has 21 heavy (non-hydrogen) atoms. The van der Waals surface area contributed by atoms with E-state index in [0.29, 0.717) is 25.4 Å². The van der Waals surface area contributed by atoms with Crippen LogP contribution >= 0.6 is 0 Å². The lowest BCUT2D eigenvalue weighted by atomic mass is 9.93. The lowest BCUT2D eigenvalue weighted by Crippen LogP contribution is -2.53. The van der Waals surface area contributed by atoms with E-state index in [4.69, 9.17) is 0 Å². The van der Waals surface area contributed by atoms with Crippen LogP contribution in [0.1, 0.15) is 25.3 Å². The Kier molecular flexibility index (Phi) is 5.20. The number of hydrogen-bond acceptors (Lipinski definition) is 2. The molecule has 0 aliphatic carbocycles. The molecular formula is C16H22N2O3. The van der Waals surface area contributed by atoms with E-state index in [1.54, 1.807) is 0 Å². The second-order valence-electron chi connectivity index (χ2n) is 5.64. The maximum Gasteiger partial charge on any atom is 0.326 e. The molecule has 5 heteroatoms. The summed E-state index contributed by atoms with van der Waals surface area (Å²) in [4.78, 5) is 24.9. The highest BCUT2D eigenvalue weighted by Crippen LogP contribution is 2.22. The minimum absolute atomic E-state index is 0.273. The summed E-state index contributed by atoms with van der Waals surface area (Å²) in [6.45, 7) is 3.05. The molecule has 1 heterocycles. The van der Waals surface area contributed by atoms with Crippen molar-refractivity contribution < 1.29 is 14.7 Å². The van der Waals surface area contributed by atoms with Crippen LogP contribution < -0.4 is 5.32 Å². The molecular weight excluding hydrogens is 268 g/mol. The molecule has 0 spiro atoms. The number of carbonyl (C=O) groups is 2. The van der Waals surface area contributed by atoms with Crippen molar-refractivity contribution in [3.63, 3.8) is 0 Å². The number of hydrogen-bond donors (Lipinski definition) is 2. The van der Waals surface area contributed by atoms with E-state index in [9.17, 15) is 14.7 Å². The monoisotopic (exact) mass is 290 g/mol. The SMILES string of the molecule is CC1CCN(C(=O)NCCc2ccccc2)C(C(=O)O)C1. The summed E-state index contributed by atoms with van der Waals surface area (Å²) >= 11 is 0. The van der Waals surface area contributed by atoms with Crippen molar-refractivity contribution >= 4 is 12.0 Å². The van der Waals surface area contributed by atoms with E-state index < -0.39 is 12.0 Å². The number of likely N-dealkylation sites (tertiary alicyclic amines) is 1. The predicted molar refractivity (Wildman–Crippen MR) is 80.1 cm³/mol. The Morgan fingerprint density at radius 1 is 1.33 bits per heavy atom. The van der Waals surface area contributed by atoms with Crippen LogP contribution in [0, 0.1) is 5.92 Å². The number of benzene rings is 1. The van der Waals surface area contributed by atoms with Gasteiger partial charge in [-0.2, -0.15) is 0 Å². The van der Waals surface area contributed by atoms with E-state index in [1.165, 1.54) is 4.90 Å². The van der Waals surface area contributed by atoms with Crippen molar-refractivity contribution in [1.29, 1.82) is 0 Å². The zero-order valence-electron chi connectivity index (χ0n) is 12.3. The molecule has 1 aromatic rings. The second-order valence-corrected chi connectivity index (χ2v) is 5.64. The molecule has 114 valence electrons. The highest BCUT2D eigenvalue weighted by molar-refractivity contribution is 5.82. The summed E-state index contributed by atoms with van der Waals surface area (Å²) in [5.74, 6) is -0.570. The fraction of sp³-hybridized carbons (Fsp3) is 0.500. The Balaban J connectivity index is 1.85. The van der Waals surface area contributed by atoms with Gasteiger partial charge in [0.1, 0.15) is 6.04 Å². The second kappa shape index (κ2) is 7.11. The van der Waals surface area contributed by atoms with Crippen LogP contribution in [0.2, 0.25) is 0 Å². The standard InChI is InChI=1S/C16H22N2O3/c1-12-8-10-18(14(11-12)15(19)20)16(21)17-9-7-13-5-3-2-4-6-13/h2-6,12,14H,7-11H2,1H3,(H,17,21)(H,19,20). The molecule has 0 aromatic heterocycles. The lowest BCUT2D eigenvalue weighted by molar-refractivity contribution is -0.143. The fourth-order valence-corrected chi connectivity index (χ4v) is 2.68. The summed E-state index contributed by atoms with van der Waals surface area (Å²) in [7, 11) is 0. The number of piperidine rings is 1. The minimum Gasteiger partial charge on any atom is -0.480 e. The fourth-order valence-electron chi connectivity index (χ4n) is 2.68. The topological polar surface area (TPSA) is 69.6 Å². The Bertz CT molecular complexity index is 490. The molecule has 1 aromatic carbocycles. The van der Waals surface area contributed by atoms with E-state index in [-0.39, 0.29) is 6.03 Å². The lowest BCUT2D eigenvalue weighted by Gasteiger charge is -2.35. The number of rotatable bonds is 4. The van der Waals surface area contributed by atoms with Crippen LogP contribution in [0.5, 0.6) is 0 Å². The number of carbonyl (C=O) groups excluding carboxylic acids is 1. The molecule has 0 radical (unpaired) electrons. The van der Waals surface area contributed by atoms with Gasteiger partial charge in [0.25, 0.3) is 0 Å². The van der Waals surface area contributed by atoms with Crippen molar-refractivity contribution in [2.45, 2.75) is 32.2 Å². The Morgan fingerprint density at radius 2 is 2.05 bits per heavy atom. The van der Waals surface area contributed by atoms with E-state index in [2.05, 4.69) is 5.32 Å². The Hall–Kier alpha value is -2.04. The average Bonchev–Trinajstić information content (AvgIpc) is 2.48. The first-order chi connectivity index (χ1) is 10.1. The number of nitrogens with zero attached hydrogens (tertiary/aromatic N) is 1. The molecule has 2 amide bonds. The summed E-state index contributed by atoms with van der Waals surface area (Å²) < 4.78 is 0. The molecule has 2 rings (SSSR count). The summed E-state index contributed by atoms with van der Waals surface area (Å²) in [5.41, 5.74) is 1.15. The van der Waals surface area contributed by atoms with E-state index >= 15 is 0 Å². The number of nitrogens with one attached hydrogen (secondary N) is 1. The van der Waals surface area contributed by atoms with Crippen LogP contribution in [0.15, 0.2) is 30.3 Å². The zero-order chi connectivity index (χ0) is 15.2. The van der Waals surface area contributed by atoms with Gasteiger partial charge >= 0.3 is 12.0 Å². The van der Waals surface area contributed by atoms with Crippen LogP contribution in [0.3, 0.4) is 0 Å². The van der Waals surface area contributed by atoms with Gasteiger partial charge in [0.05, 0.1) is 0 Å². The zero-order valence-corrected chi connectivity index (χ0v) is 12.3.